The van der Waals surface area contributed by atoms with Crippen LogP contribution in [0.25, 0.3) is 0 Å². The molecule has 0 saturated carbocycles. The molecule has 4 atom stereocenters. The molecular weight excluding hydrogens is 679 g/mol. The standard InChI is InChI=1S/C37H22N3.Ir/c1-7-23-19-25(9-1)35-26-10-3-12-28(21-26)37-33-17-5-16-32(39-33)36(31-15-4-14-30(35)38-31)27-11-2-8-24(20-27)34(23)29-13-6-18-40(37)22-29;/h1-18,34-37H;/q-3;. The van der Waals surface area contributed by atoms with Gasteiger partial charge in [-0.05, 0) is 30.2 Å². The molecule has 3 aromatic heterocycles. The topological polar surface area (TPSA) is 29.7 Å². The predicted molar refractivity (Wildman–Crippen MR) is 150 cm³/mol. The van der Waals surface area contributed by atoms with Crippen LogP contribution in [-0.2, 0) is 20.1 Å². The Kier molecular flexibility index (Phi) is 5.63. The molecule has 0 N–H and O–H groups in total. The summed E-state index contributed by atoms with van der Waals surface area (Å²) in [5.74, 6) is -0.342. The van der Waals surface area contributed by atoms with Crippen LogP contribution in [-0.4, -0.2) is 9.97 Å². The Bertz CT molecular complexity index is 1480. The van der Waals surface area contributed by atoms with Gasteiger partial charge in [0.1, 0.15) is 11.9 Å². The molecule has 0 saturated heterocycles. The number of hydrogen-bond acceptors (Lipinski definition) is 2. The molecule has 4 aliphatic heterocycles. The molecule has 4 unspecified atom stereocenters. The van der Waals surface area contributed by atoms with Crippen LogP contribution in [0.1, 0.15) is 85.5 Å². The van der Waals surface area contributed by atoms with Crippen LogP contribution < -0.4 is 4.57 Å². The molecule has 197 valence electrons. The van der Waals surface area contributed by atoms with Crippen molar-refractivity contribution in [3.8, 4) is 0 Å². The molecule has 7 heterocycles. The number of pyridine rings is 3. The normalized spacial score (nSPS) is 20.5. The summed E-state index contributed by atoms with van der Waals surface area (Å²) >= 11 is 0. The maximum absolute atomic E-state index is 5.36. The third kappa shape index (κ3) is 3.79. The maximum atomic E-state index is 5.36. The Morgan fingerprint density at radius 3 is 1.54 bits per heavy atom. The van der Waals surface area contributed by atoms with Crippen molar-refractivity contribution in [1.29, 1.82) is 0 Å². The Balaban J connectivity index is 0.00000256. The first-order chi connectivity index (χ1) is 19.8. The van der Waals surface area contributed by atoms with Gasteiger partial charge in [0.25, 0.3) is 0 Å². The van der Waals surface area contributed by atoms with Crippen LogP contribution >= 0.6 is 0 Å². The molecule has 3 nitrogen and oxygen atoms in total. The number of benzene rings is 3. The monoisotopic (exact) mass is 701 g/mol. The van der Waals surface area contributed by atoms with Gasteiger partial charge in [-0.15, -0.1) is 11.6 Å². The smallest absolute Gasteiger partial charge is 0.181 e. The minimum atomic E-state index is -0.184. The van der Waals surface area contributed by atoms with E-state index in [2.05, 4.69) is 138 Å². The molecule has 41 heavy (non-hydrogen) atoms. The number of aromatic nitrogens is 3. The van der Waals surface area contributed by atoms with Crippen LogP contribution in [0, 0.1) is 24.4 Å². The minimum absolute atomic E-state index is 0. The van der Waals surface area contributed by atoms with E-state index < -0.39 is 0 Å². The Morgan fingerprint density at radius 2 is 0.878 bits per heavy atom. The zero-order valence-corrected chi connectivity index (χ0v) is 24.3. The zero-order valence-electron chi connectivity index (χ0n) is 21.9. The molecule has 16 bridgehead atoms. The summed E-state index contributed by atoms with van der Waals surface area (Å²) in [5.41, 5.74) is 11.4. The summed E-state index contributed by atoms with van der Waals surface area (Å²) in [4.78, 5) is 10.7. The van der Waals surface area contributed by atoms with E-state index in [-0.39, 0.29) is 43.9 Å². The number of rotatable bonds is 0. The van der Waals surface area contributed by atoms with E-state index in [9.17, 15) is 0 Å². The van der Waals surface area contributed by atoms with Gasteiger partial charge in [0, 0.05) is 37.6 Å². The minimum Gasteiger partial charge on any atom is -0.300 e. The van der Waals surface area contributed by atoms with Gasteiger partial charge in [0.05, 0.1) is 17.6 Å². The van der Waals surface area contributed by atoms with E-state index in [4.69, 9.17) is 9.97 Å². The van der Waals surface area contributed by atoms with Crippen LogP contribution in [0.4, 0.5) is 0 Å². The van der Waals surface area contributed by atoms with E-state index in [1.165, 1.54) is 0 Å². The van der Waals surface area contributed by atoms with Crippen molar-refractivity contribution < 1.29 is 24.7 Å². The first-order valence-corrected chi connectivity index (χ1v) is 13.7. The zero-order chi connectivity index (χ0) is 26.2. The van der Waals surface area contributed by atoms with Gasteiger partial charge in [-0.3, -0.25) is 4.98 Å². The van der Waals surface area contributed by atoms with Crippen molar-refractivity contribution in [2.75, 3.05) is 0 Å². The Hall–Kier alpha value is -4.24. The number of nitrogens with zero attached hydrogens (tertiary/aromatic N) is 3. The molecule has 4 aliphatic rings. The second-order valence-corrected chi connectivity index (χ2v) is 10.8. The van der Waals surface area contributed by atoms with Crippen molar-refractivity contribution >= 4 is 0 Å². The SMILES string of the molecule is [Ir].[c-]1c2cccc1C1c3[c-]c(ccc3)C3c4cccc(n4)C(c4[c-]c(ccc4)C2c2[c-][n+]3ccc2)c2cccc1n2. The molecule has 3 aromatic carbocycles. The molecule has 0 aliphatic carbocycles. The second-order valence-electron chi connectivity index (χ2n) is 10.8. The van der Waals surface area contributed by atoms with E-state index in [1.54, 1.807) is 0 Å². The van der Waals surface area contributed by atoms with Gasteiger partial charge in [-0.1, -0.05) is 23.3 Å². The fourth-order valence-electron chi connectivity index (χ4n) is 6.78. The molecule has 0 fully saturated rings. The van der Waals surface area contributed by atoms with E-state index >= 15 is 0 Å². The fourth-order valence-corrected chi connectivity index (χ4v) is 6.78. The maximum Gasteiger partial charge on any atom is 0.181 e. The quantitative estimate of drug-likeness (QED) is 0.142. The number of hydrogen-bond donors (Lipinski definition) is 0. The van der Waals surface area contributed by atoms with E-state index in [0.29, 0.717) is 0 Å². The van der Waals surface area contributed by atoms with Crippen LogP contribution in [0.2, 0.25) is 0 Å². The summed E-state index contributed by atoms with van der Waals surface area (Å²) < 4.78 is 2.17. The van der Waals surface area contributed by atoms with Gasteiger partial charge in [-0.2, -0.15) is 101 Å². The van der Waals surface area contributed by atoms with Crippen molar-refractivity contribution in [3.05, 3.63) is 195 Å². The molecule has 1 radical (unpaired) electrons. The third-order valence-corrected chi connectivity index (χ3v) is 8.49. The second kappa shape index (κ2) is 9.41. The van der Waals surface area contributed by atoms with Gasteiger partial charge in [0.2, 0.25) is 0 Å². The van der Waals surface area contributed by atoms with Gasteiger partial charge < -0.3 is 4.57 Å². The molecule has 4 heteroatoms. The van der Waals surface area contributed by atoms with E-state index in [0.717, 1.165) is 61.7 Å². The predicted octanol–water partition coefficient (Wildman–Crippen LogP) is 6.08. The van der Waals surface area contributed by atoms with Gasteiger partial charge in [-0.25, -0.2) is 4.98 Å². The van der Waals surface area contributed by atoms with Crippen molar-refractivity contribution in [2.24, 2.45) is 0 Å². The molecule has 6 aromatic rings. The van der Waals surface area contributed by atoms with Crippen LogP contribution in [0.15, 0.2) is 109 Å². The summed E-state index contributed by atoms with van der Waals surface area (Å²) in [6.07, 6.45) is 5.88. The molecular formula is C37H22IrN3-3. The van der Waals surface area contributed by atoms with Crippen molar-refractivity contribution in [2.45, 2.75) is 23.8 Å². The summed E-state index contributed by atoms with van der Waals surface area (Å²) in [7, 11) is 0. The summed E-state index contributed by atoms with van der Waals surface area (Å²) in [5, 5.41) is 0. The third-order valence-electron chi connectivity index (χ3n) is 8.49. The fraction of sp³-hybridized carbons (Fsp3) is 0.108. The average molecular weight is 701 g/mol. The van der Waals surface area contributed by atoms with Gasteiger partial charge in [0.15, 0.2) is 6.04 Å². The van der Waals surface area contributed by atoms with Gasteiger partial charge >= 0.3 is 0 Å². The first-order valence-electron chi connectivity index (χ1n) is 13.7. The van der Waals surface area contributed by atoms with Crippen LogP contribution in [0.5, 0.6) is 0 Å². The van der Waals surface area contributed by atoms with Crippen molar-refractivity contribution in [1.82, 2.24) is 9.97 Å². The average Bonchev–Trinajstić information content (AvgIpc) is 2.98. The molecule has 0 amide bonds. The Morgan fingerprint density at radius 1 is 0.439 bits per heavy atom. The molecule has 0 spiro atoms. The largest absolute Gasteiger partial charge is 0.300 e. The summed E-state index contributed by atoms with van der Waals surface area (Å²) in [6, 6.07) is 47.8. The first kappa shape index (κ1) is 24.5. The van der Waals surface area contributed by atoms with Crippen molar-refractivity contribution in [3.63, 3.8) is 0 Å². The molecule has 10 rings (SSSR count). The van der Waals surface area contributed by atoms with E-state index in [1.807, 2.05) is 0 Å². The Labute approximate surface area is 253 Å². The van der Waals surface area contributed by atoms with Crippen LogP contribution in [0.3, 0.4) is 0 Å². The summed E-state index contributed by atoms with van der Waals surface area (Å²) in [6.45, 7) is 0.